The first-order valence-corrected chi connectivity index (χ1v) is 9.43. The number of nitrogens with one attached hydrogen (secondary N) is 2. The molecule has 0 saturated carbocycles. The number of aliphatic hydroxyl groups is 1. The number of fused-ring (bicyclic) bond motifs is 1. The Labute approximate surface area is 168 Å². The van der Waals surface area contributed by atoms with Crippen LogP contribution in [0.2, 0.25) is 0 Å². The summed E-state index contributed by atoms with van der Waals surface area (Å²) in [5, 5.41) is 15.0. The van der Waals surface area contributed by atoms with Crippen molar-refractivity contribution in [1.29, 1.82) is 0 Å². The van der Waals surface area contributed by atoms with E-state index in [0.717, 1.165) is 17.5 Å². The maximum absolute atomic E-state index is 12.6. The van der Waals surface area contributed by atoms with Gasteiger partial charge in [-0.3, -0.25) is 10.1 Å². The van der Waals surface area contributed by atoms with Gasteiger partial charge in [0.05, 0.1) is 13.8 Å². The number of carbonyl (C=O) groups is 1. The van der Waals surface area contributed by atoms with Crippen LogP contribution in [-0.2, 0) is 13.0 Å². The molecule has 1 aromatic heterocycles. The van der Waals surface area contributed by atoms with Gasteiger partial charge in [-0.25, -0.2) is 4.79 Å². The molecule has 0 radical (unpaired) electrons. The van der Waals surface area contributed by atoms with Crippen molar-refractivity contribution in [3.8, 4) is 5.75 Å². The Hall–Kier alpha value is -3.16. The van der Waals surface area contributed by atoms with Gasteiger partial charge in [-0.15, -0.1) is 0 Å². The first-order valence-electron chi connectivity index (χ1n) is 9.43. The first-order chi connectivity index (χ1) is 14.1. The van der Waals surface area contributed by atoms with Crippen molar-refractivity contribution in [2.75, 3.05) is 19.2 Å². The van der Waals surface area contributed by atoms with Crippen LogP contribution >= 0.6 is 0 Å². The van der Waals surface area contributed by atoms with E-state index in [9.17, 15) is 9.59 Å². The van der Waals surface area contributed by atoms with E-state index in [1.807, 2.05) is 25.1 Å². The highest BCUT2D eigenvalue weighted by molar-refractivity contribution is 6.05. The molecule has 1 amide bonds. The summed E-state index contributed by atoms with van der Waals surface area (Å²) in [5.74, 6) is 0.130. The number of anilines is 1. The van der Waals surface area contributed by atoms with E-state index in [1.165, 1.54) is 0 Å². The van der Waals surface area contributed by atoms with Gasteiger partial charge in [0.2, 0.25) is 0 Å². The molecule has 2 aromatic carbocycles. The third-order valence-electron chi connectivity index (χ3n) is 4.58. The lowest BCUT2D eigenvalue weighted by Gasteiger charge is -2.11. The van der Waals surface area contributed by atoms with Crippen molar-refractivity contribution in [1.82, 2.24) is 5.32 Å². The zero-order chi connectivity index (χ0) is 20.8. The third kappa shape index (κ3) is 4.64. The number of ether oxygens (including phenoxy) is 1. The van der Waals surface area contributed by atoms with Crippen molar-refractivity contribution in [3.05, 3.63) is 69.6 Å². The second-order valence-electron chi connectivity index (χ2n) is 6.60. The lowest BCUT2D eigenvalue weighted by molar-refractivity contribution is 0.102. The average molecular weight is 396 g/mol. The number of carbonyl (C=O) groups excluding carboxylic acids is 1. The molecule has 0 unspecified atom stereocenters. The zero-order valence-corrected chi connectivity index (χ0v) is 16.5. The minimum absolute atomic E-state index is 0.0591. The molecular formula is C22H24N2O5. The predicted molar refractivity (Wildman–Crippen MR) is 111 cm³/mol. The van der Waals surface area contributed by atoms with Crippen molar-refractivity contribution < 1.29 is 19.1 Å². The molecule has 152 valence electrons. The number of hydrogen-bond donors (Lipinski definition) is 3. The fraction of sp³-hybridized carbons (Fsp3) is 0.273. The third-order valence-corrected chi connectivity index (χ3v) is 4.58. The minimum Gasteiger partial charge on any atom is -0.496 e. The summed E-state index contributed by atoms with van der Waals surface area (Å²) in [4.78, 5) is 25.1. The number of rotatable bonds is 8. The molecule has 0 aliphatic heterocycles. The highest BCUT2D eigenvalue weighted by Crippen LogP contribution is 2.29. The number of hydrogen-bond acceptors (Lipinski definition) is 6. The number of aryl methyl sites for hydroxylation is 1. The van der Waals surface area contributed by atoms with Gasteiger partial charge in [-0.05, 0) is 42.3 Å². The van der Waals surface area contributed by atoms with Gasteiger partial charge in [-0.2, -0.15) is 0 Å². The quantitative estimate of drug-likeness (QED) is 0.400. The Morgan fingerprint density at radius 3 is 2.59 bits per heavy atom. The fourth-order valence-electron chi connectivity index (χ4n) is 3.16. The Kier molecular flexibility index (Phi) is 6.64. The van der Waals surface area contributed by atoms with Crippen LogP contribution < -0.4 is 21.0 Å². The molecule has 3 N–H and O–H groups in total. The van der Waals surface area contributed by atoms with Gasteiger partial charge in [-0.1, -0.05) is 25.5 Å². The van der Waals surface area contributed by atoms with Crippen LogP contribution in [0.3, 0.4) is 0 Å². The van der Waals surface area contributed by atoms with E-state index in [1.54, 1.807) is 31.4 Å². The molecular weight excluding hydrogens is 372 g/mol. The topological polar surface area (TPSA) is 101 Å². The molecule has 0 bridgehead atoms. The number of methoxy groups -OCH3 is 1. The highest BCUT2D eigenvalue weighted by Gasteiger charge is 2.17. The summed E-state index contributed by atoms with van der Waals surface area (Å²) in [6, 6.07) is 12.3. The summed E-state index contributed by atoms with van der Waals surface area (Å²) in [5.41, 5.74) is 2.04. The second kappa shape index (κ2) is 9.36. The molecule has 29 heavy (non-hydrogen) atoms. The molecule has 0 aliphatic carbocycles. The Morgan fingerprint density at radius 1 is 1.17 bits per heavy atom. The summed E-state index contributed by atoms with van der Waals surface area (Å²) < 4.78 is 10.9. The standard InChI is InChI=1S/C22H24N2O5/c1-3-4-17-19(28-2)10-7-15-11-18(22(27)29-20(15)17)21(26)24-16-8-5-14(6-9-16)12-23-13-25/h5-11,23,25H,3-4,12-13H2,1-2H3,(H,24,26). The van der Waals surface area contributed by atoms with E-state index in [4.69, 9.17) is 14.3 Å². The predicted octanol–water partition coefficient (Wildman–Crippen LogP) is 3.05. The molecule has 7 heteroatoms. The van der Waals surface area contributed by atoms with Crippen LogP contribution in [0.4, 0.5) is 5.69 Å². The van der Waals surface area contributed by atoms with E-state index in [2.05, 4.69) is 10.6 Å². The van der Waals surface area contributed by atoms with Crippen molar-refractivity contribution in [2.45, 2.75) is 26.3 Å². The SMILES string of the molecule is CCCc1c(OC)ccc2cc(C(=O)Nc3ccc(CNCO)cc3)c(=O)oc12. The smallest absolute Gasteiger partial charge is 0.349 e. The van der Waals surface area contributed by atoms with Crippen molar-refractivity contribution >= 4 is 22.6 Å². The number of aliphatic hydroxyl groups excluding tert-OH is 1. The molecule has 0 spiro atoms. The second-order valence-corrected chi connectivity index (χ2v) is 6.60. The number of benzene rings is 2. The molecule has 0 atom stereocenters. The van der Waals surface area contributed by atoms with Gasteiger partial charge >= 0.3 is 5.63 Å². The van der Waals surface area contributed by atoms with Crippen LogP contribution in [0.1, 0.15) is 34.8 Å². The normalized spacial score (nSPS) is 10.9. The monoisotopic (exact) mass is 396 g/mol. The molecule has 0 saturated heterocycles. The minimum atomic E-state index is -0.690. The Balaban J connectivity index is 1.88. The average Bonchev–Trinajstić information content (AvgIpc) is 2.73. The lowest BCUT2D eigenvalue weighted by atomic mass is 10.0. The molecule has 3 aromatic rings. The largest absolute Gasteiger partial charge is 0.496 e. The van der Waals surface area contributed by atoms with Crippen molar-refractivity contribution in [3.63, 3.8) is 0 Å². The molecule has 0 fully saturated rings. The number of amides is 1. The lowest BCUT2D eigenvalue weighted by Crippen LogP contribution is -2.21. The van der Waals surface area contributed by atoms with E-state index in [-0.39, 0.29) is 12.3 Å². The van der Waals surface area contributed by atoms with Crippen LogP contribution in [-0.4, -0.2) is 24.9 Å². The maximum Gasteiger partial charge on any atom is 0.349 e. The van der Waals surface area contributed by atoms with E-state index < -0.39 is 11.5 Å². The van der Waals surface area contributed by atoms with Crippen LogP contribution in [0.5, 0.6) is 5.75 Å². The van der Waals surface area contributed by atoms with E-state index >= 15 is 0 Å². The zero-order valence-electron chi connectivity index (χ0n) is 16.5. The van der Waals surface area contributed by atoms with Gasteiger partial charge < -0.3 is 19.6 Å². The highest BCUT2D eigenvalue weighted by atomic mass is 16.5. The Bertz CT molecular complexity index is 1060. The van der Waals surface area contributed by atoms with Crippen LogP contribution in [0.15, 0.2) is 51.7 Å². The Morgan fingerprint density at radius 2 is 1.93 bits per heavy atom. The molecule has 7 nitrogen and oxygen atoms in total. The van der Waals surface area contributed by atoms with Crippen molar-refractivity contribution in [2.24, 2.45) is 0 Å². The molecule has 3 rings (SSSR count). The van der Waals surface area contributed by atoms with Gasteiger partial charge in [0.15, 0.2) is 0 Å². The van der Waals surface area contributed by atoms with Crippen LogP contribution in [0, 0.1) is 0 Å². The maximum atomic E-state index is 12.6. The van der Waals surface area contributed by atoms with Gasteiger partial charge in [0.1, 0.15) is 16.9 Å². The fourth-order valence-corrected chi connectivity index (χ4v) is 3.16. The molecule has 1 heterocycles. The van der Waals surface area contributed by atoms with Gasteiger partial charge in [0, 0.05) is 23.2 Å². The van der Waals surface area contributed by atoms with Gasteiger partial charge in [0.25, 0.3) is 5.91 Å². The van der Waals surface area contributed by atoms with Crippen LogP contribution in [0.25, 0.3) is 11.0 Å². The first kappa shape index (κ1) is 20.6. The summed E-state index contributed by atoms with van der Waals surface area (Å²) >= 11 is 0. The molecule has 0 aliphatic rings. The van der Waals surface area contributed by atoms with E-state index in [0.29, 0.717) is 35.4 Å². The summed E-state index contributed by atoms with van der Waals surface area (Å²) in [6.07, 6.45) is 1.57. The summed E-state index contributed by atoms with van der Waals surface area (Å²) in [7, 11) is 1.57. The summed E-state index contributed by atoms with van der Waals surface area (Å²) in [6.45, 7) is 2.44.